The molecular weight excluding hydrogens is 449 g/mol. The molecule has 0 spiro atoms. The third kappa shape index (κ3) is 8.86. The molecule has 0 atom stereocenters. The number of aliphatic imine (C=N–C) groups is 1. The van der Waals surface area contributed by atoms with Crippen molar-refractivity contribution in [1.82, 2.24) is 15.1 Å². The van der Waals surface area contributed by atoms with Crippen LogP contribution in [-0.4, -0.2) is 67.6 Å². The molecule has 0 saturated carbocycles. The Morgan fingerprint density at radius 3 is 2.26 bits per heavy atom. The molecule has 2 saturated heterocycles. The molecular formula is C21H44IN5. The highest BCUT2D eigenvalue weighted by atomic mass is 127. The normalized spacial score (nSPS) is 21.6. The first kappa shape index (κ1) is 25.0. The van der Waals surface area contributed by atoms with Gasteiger partial charge < -0.3 is 16.0 Å². The van der Waals surface area contributed by atoms with Crippen molar-refractivity contribution in [3.05, 3.63) is 0 Å². The minimum atomic E-state index is 0. The van der Waals surface area contributed by atoms with Crippen molar-refractivity contribution in [3.8, 4) is 0 Å². The lowest BCUT2D eigenvalue weighted by atomic mass is 9.84. The van der Waals surface area contributed by atoms with E-state index in [1.807, 2.05) is 0 Å². The highest BCUT2D eigenvalue weighted by Crippen LogP contribution is 2.31. The molecule has 0 radical (unpaired) electrons. The fourth-order valence-electron chi connectivity index (χ4n) is 4.39. The summed E-state index contributed by atoms with van der Waals surface area (Å²) in [6.45, 7) is 8.92. The average molecular weight is 494 g/mol. The molecule has 160 valence electrons. The summed E-state index contributed by atoms with van der Waals surface area (Å²) in [7, 11) is 2.24. The van der Waals surface area contributed by atoms with Crippen LogP contribution < -0.4 is 11.1 Å². The van der Waals surface area contributed by atoms with Crippen molar-refractivity contribution in [2.75, 3.05) is 46.3 Å². The van der Waals surface area contributed by atoms with Crippen LogP contribution in [0.1, 0.15) is 77.6 Å². The number of unbranched alkanes of at least 4 members (excludes halogenated alkanes) is 5. The number of likely N-dealkylation sites (tertiary alicyclic amines) is 2. The summed E-state index contributed by atoms with van der Waals surface area (Å²) in [5.41, 5.74) is 6.41. The predicted molar refractivity (Wildman–Crippen MR) is 128 cm³/mol. The van der Waals surface area contributed by atoms with Crippen LogP contribution in [0.4, 0.5) is 0 Å². The molecule has 0 unspecified atom stereocenters. The van der Waals surface area contributed by atoms with E-state index in [1.54, 1.807) is 0 Å². The van der Waals surface area contributed by atoms with E-state index in [2.05, 4.69) is 29.1 Å². The first-order valence-electron chi connectivity index (χ1n) is 11.1. The summed E-state index contributed by atoms with van der Waals surface area (Å²) in [6.07, 6.45) is 14.4. The van der Waals surface area contributed by atoms with Gasteiger partial charge in [0.1, 0.15) is 0 Å². The number of hydrogen-bond donors (Lipinski definition) is 2. The smallest absolute Gasteiger partial charge is 0.188 e. The lowest BCUT2D eigenvalue weighted by molar-refractivity contribution is 0.0208. The third-order valence-electron chi connectivity index (χ3n) is 6.32. The number of nitrogens with zero attached hydrogens (tertiary/aromatic N) is 3. The minimum absolute atomic E-state index is 0. The summed E-state index contributed by atoms with van der Waals surface area (Å²) >= 11 is 0. The van der Waals surface area contributed by atoms with Gasteiger partial charge in [0, 0.05) is 12.1 Å². The lowest BCUT2D eigenvalue weighted by Crippen LogP contribution is -2.58. The minimum Gasteiger partial charge on any atom is -0.370 e. The van der Waals surface area contributed by atoms with Crippen LogP contribution in [0.25, 0.3) is 0 Å². The number of rotatable bonds is 10. The van der Waals surface area contributed by atoms with Crippen molar-refractivity contribution in [3.63, 3.8) is 0 Å². The van der Waals surface area contributed by atoms with E-state index in [-0.39, 0.29) is 29.5 Å². The van der Waals surface area contributed by atoms with Gasteiger partial charge in [-0.25, -0.2) is 0 Å². The molecule has 2 aliphatic heterocycles. The maximum Gasteiger partial charge on any atom is 0.188 e. The molecule has 0 aromatic rings. The van der Waals surface area contributed by atoms with Gasteiger partial charge in [0.25, 0.3) is 0 Å². The van der Waals surface area contributed by atoms with Gasteiger partial charge in [-0.05, 0) is 65.3 Å². The topological polar surface area (TPSA) is 56.9 Å². The maximum absolute atomic E-state index is 6.18. The standard InChI is InChI=1S/C21H43N5.HI/c1-3-4-5-6-7-9-14-23-20(22)24-19-21(12-17-25(2)18-13-21)26-15-10-8-11-16-26;/h3-19H2,1-2H3,(H3,22,23,24);1H. The Morgan fingerprint density at radius 2 is 1.59 bits per heavy atom. The quantitative estimate of drug-likeness (QED) is 0.210. The Labute approximate surface area is 184 Å². The summed E-state index contributed by atoms with van der Waals surface area (Å²) in [5, 5.41) is 3.34. The molecule has 0 aromatic carbocycles. The monoisotopic (exact) mass is 493 g/mol. The Morgan fingerprint density at radius 1 is 0.963 bits per heavy atom. The number of nitrogens with one attached hydrogen (secondary N) is 1. The molecule has 5 nitrogen and oxygen atoms in total. The number of nitrogens with two attached hydrogens (primary N) is 1. The van der Waals surface area contributed by atoms with Crippen molar-refractivity contribution in [2.24, 2.45) is 10.7 Å². The molecule has 3 N–H and O–H groups in total. The highest BCUT2D eigenvalue weighted by Gasteiger charge is 2.39. The average Bonchev–Trinajstić information content (AvgIpc) is 2.68. The van der Waals surface area contributed by atoms with E-state index in [9.17, 15) is 0 Å². The fraction of sp³-hybridized carbons (Fsp3) is 0.952. The molecule has 2 rings (SSSR count). The summed E-state index contributed by atoms with van der Waals surface area (Å²) in [6, 6.07) is 0. The van der Waals surface area contributed by atoms with Gasteiger partial charge in [0.2, 0.25) is 0 Å². The van der Waals surface area contributed by atoms with E-state index in [1.165, 1.54) is 96.8 Å². The van der Waals surface area contributed by atoms with E-state index < -0.39 is 0 Å². The Kier molecular flexibility index (Phi) is 12.9. The van der Waals surface area contributed by atoms with Gasteiger partial charge in [-0.3, -0.25) is 9.89 Å². The Hall–Kier alpha value is -0.0800. The second-order valence-corrected chi connectivity index (χ2v) is 8.47. The molecule has 27 heavy (non-hydrogen) atoms. The Balaban J connectivity index is 0.00000364. The van der Waals surface area contributed by atoms with Crippen LogP contribution in [0.3, 0.4) is 0 Å². The van der Waals surface area contributed by atoms with E-state index >= 15 is 0 Å². The van der Waals surface area contributed by atoms with Crippen molar-refractivity contribution in [1.29, 1.82) is 0 Å². The molecule has 6 heteroatoms. The van der Waals surface area contributed by atoms with Crippen LogP contribution in [0, 0.1) is 0 Å². The highest BCUT2D eigenvalue weighted by molar-refractivity contribution is 14.0. The van der Waals surface area contributed by atoms with E-state index in [0.717, 1.165) is 13.1 Å². The predicted octanol–water partition coefficient (Wildman–Crippen LogP) is 3.82. The molecule has 0 amide bonds. The summed E-state index contributed by atoms with van der Waals surface area (Å²) in [4.78, 5) is 9.97. The molecule has 0 aromatic heterocycles. The first-order chi connectivity index (χ1) is 12.7. The third-order valence-corrected chi connectivity index (χ3v) is 6.32. The first-order valence-corrected chi connectivity index (χ1v) is 11.1. The summed E-state index contributed by atoms with van der Waals surface area (Å²) < 4.78 is 0. The van der Waals surface area contributed by atoms with Crippen molar-refractivity contribution < 1.29 is 0 Å². The van der Waals surface area contributed by atoms with Crippen LogP contribution in [0.15, 0.2) is 4.99 Å². The van der Waals surface area contributed by atoms with Crippen molar-refractivity contribution in [2.45, 2.75) is 83.1 Å². The number of hydrogen-bond acceptors (Lipinski definition) is 3. The zero-order valence-corrected chi connectivity index (χ0v) is 20.2. The molecule has 2 aliphatic rings. The molecule has 2 heterocycles. The van der Waals surface area contributed by atoms with E-state index in [4.69, 9.17) is 10.7 Å². The molecule has 0 aliphatic carbocycles. The van der Waals surface area contributed by atoms with Gasteiger partial charge in [0.05, 0.1) is 6.54 Å². The van der Waals surface area contributed by atoms with Crippen LogP contribution >= 0.6 is 24.0 Å². The van der Waals surface area contributed by atoms with Gasteiger partial charge >= 0.3 is 0 Å². The molecule has 0 bridgehead atoms. The summed E-state index contributed by atoms with van der Waals surface area (Å²) in [5.74, 6) is 0.647. The zero-order chi connectivity index (χ0) is 18.7. The number of halogens is 1. The fourth-order valence-corrected chi connectivity index (χ4v) is 4.39. The van der Waals surface area contributed by atoms with Gasteiger partial charge in [0.15, 0.2) is 5.96 Å². The number of piperidine rings is 2. The largest absolute Gasteiger partial charge is 0.370 e. The lowest BCUT2D eigenvalue weighted by Gasteiger charge is -2.49. The van der Waals surface area contributed by atoms with Gasteiger partial charge in [-0.15, -0.1) is 24.0 Å². The van der Waals surface area contributed by atoms with E-state index in [0.29, 0.717) is 5.96 Å². The van der Waals surface area contributed by atoms with Gasteiger partial charge in [-0.1, -0.05) is 45.4 Å². The van der Waals surface area contributed by atoms with Crippen LogP contribution in [0.2, 0.25) is 0 Å². The zero-order valence-electron chi connectivity index (χ0n) is 17.8. The van der Waals surface area contributed by atoms with Crippen LogP contribution in [0.5, 0.6) is 0 Å². The van der Waals surface area contributed by atoms with Crippen molar-refractivity contribution >= 4 is 29.9 Å². The Bertz CT molecular complexity index is 401. The maximum atomic E-state index is 6.18. The van der Waals surface area contributed by atoms with Crippen LogP contribution in [-0.2, 0) is 0 Å². The SMILES string of the molecule is CCCCCCCCNC(N)=NCC1(N2CCCCC2)CCN(C)CC1.I. The molecule has 2 fully saturated rings. The second kappa shape index (κ2) is 14.0. The van der Waals surface area contributed by atoms with Gasteiger partial charge in [-0.2, -0.15) is 0 Å². The number of guanidine groups is 1. The second-order valence-electron chi connectivity index (χ2n) is 8.47.